The van der Waals surface area contributed by atoms with Crippen molar-refractivity contribution in [1.29, 1.82) is 0 Å². The highest BCUT2D eigenvalue weighted by Gasteiger charge is 2.44. The largest absolute Gasteiger partial charge is 0.481 e. The lowest BCUT2D eigenvalue weighted by Crippen LogP contribution is -2.44. The summed E-state index contributed by atoms with van der Waals surface area (Å²) in [6, 6.07) is 4.66. The minimum atomic E-state index is -4.60. The summed E-state index contributed by atoms with van der Waals surface area (Å²) in [7, 11) is 0. The fourth-order valence-corrected chi connectivity index (χ4v) is 3.24. The van der Waals surface area contributed by atoms with Crippen LogP contribution in [0.15, 0.2) is 34.5 Å². The van der Waals surface area contributed by atoms with E-state index in [-0.39, 0.29) is 24.4 Å². The third kappa shape index (κ3) is 4.20. The van der Waals surface area contributed by atoms with E-state index in [9.17, 15) is 18.0 Å². The maximum absolute atomic E-state index is 13.8. The number of carboxylic acid groups (broad SMARTS) is 1. The summed E-state index contributed by atoms with van der Waals surface area (Å²) in [6.07, 6.45) is -4.44. The molecule has 0 fully saturated rings. The topological polar surface area (TPSA) is 52.9 Å². The van der Waals surface area contributed by atoms with E-state index in [1.807, 2.05) is 6.92 Å². The number of rotatable bonds is 5. The van der Waals surface area contributed by atoms with Crippen molar-refractivity contribution in [3.05, 3.63) is 40.1 Å². The van der Waals surface area contributed by atoms with Gasteiger partial charge < -0.3 is 5.11 Å². The zero-order chi connectivity index (χ0) is 19.6. The van der Waals surface area contributed by atoms with E-state index in [4.69, 9.17) is 16.7 Å². The maximum Gasteiger partial charge on any atom is 0.431 e. The number of anilines is 1. The quantitative estimate of drug-likeness (QED) is 0.766. The molecular formula is C18H20ClF3N2O2. The van der Waals surface area contributed by atoms with Gasteiger partial charge in [0.2, 0.25) is 0 Å². The van der Waals surface area contributed by atoms with E-state index in [0.29, 0.717) is 22.7 Å². The Balaban J connectivity index is 2.67. The number of hydrogen-bond acceptors (Lipinski definition) is 3. The van der Waals surface area contributed by atoms with Gasteiger partial charge in [-0.2, -0.15) is 13.2 Å². The molecule has 8 heteroatoms. The highest BCUT2D eigenvalue weighted by molar-refractivity contribution is 6.30. The van der Waals surface area contributed by atoms with Crippen LogP contribution < -0.4 is 4.90 Å². The molecule has 0 saturated carbocycles. The Morgan fingerprint density at radius 1 is 1.42 bits per heavy atom. The van der Waals surface area contributed by atoms with Crippen LogP contribution in [0.1, 0.15) is 32.8 Å². The van der Waals surface area contributed by atoms with E-state index < -0.39 is 23.8 Å². The molecule has 1 N–H and O–H groups in total. The molecule has 1 atom stereocenters. The lowest BCUT2D eigenvalue weighted by molar-refractivity contribution is -0.137. The number of carbonyl (C=O) groups is 1. The van der Waals surface area contributed by atoms with Crippen molar-refractivity contribution in [3.8, 4) is 0 Å². The zero-order valence-electron chi connectivity index (χ0n) is 14.7. The maximum atomic E-state index is 13.8. The summed E-state index contributed by atoms with van der Waals surface area (Å²) in [4.78, 5) is 16.4. The van der Waals surface area contributed by atoms with Gasteiger partial charge in [0, 0.05) is 10.9 Å². The molecule has 1 aromatic rings. The molecule has 0 spiro atoms. The van der Waals surface area contributed by atoms with Crippen LogP contribution in [0, 0.1) is 5.92 Å². The Morgan fingerprint density at radius 3 is 2.62 bits per heavy atom. The van der Waals surface area contributed by atoms with Gasteiger partial charge in [-0.25, -0.2) is 0 Å². The average molecular weight is 389 g/mol. The Labute approximate surface area is 155 Å². The minimum Gasteiger partial charge on any atom is -0.481 e. The Kier molecular flexibility index (Phi) is 6.01. The van der Waals surface area contributed by atoms with E-state index in [1.165, 1.54) is 19.1 Å². The first-order valence-electron chi connectivity index (χ1n) is 8.17. The summed E-state index contributed by atoms with van der Waals surface area (Å²) in [5.41, 5.74) is 0.223. The first-order valence-corrected chi connectivity index (χ1v) is 8.55. The summed E-state index contributed by atoms with van der Waals surface area (Å²) in [5, 5.41) is 9.49. The van der Waals surface area contributed by atoms with Gasteiger partial charge in [0.25, 0.3) is 0 Å². The van der Waals surface area contributed by atoms with Crippen LogP contribution in [0.5, 0.6) is 0 Å². The molecule has 0 amide bonds. The number of aliphatic imine (C=N–C) groups is 1. The second kappa shape index (κ2) is 7.70. The molecule has 2 rings (SSSR count). The monoisotopic (exact) mass is 388 g/mol. The fraction of sp³-hybridized carbons (Fsp3) is 0.444. The van der Waals surface area contributed by atoms with Gasteiger partial charge in [0.05, 0.1) is 18.7 Å². The van der Waals surface area contributed by atoms with Gasteiger partial charge in [-0.15, -0.1) is 0 Å². The lowest BCUT2D eigenvalue weighted by Gasteiger charge is -2.37. The molecule has 4 nitrogen and oxygen atoms in total. The predicted molar refractivity (Wildman–Crippen MR) is 95.8 cm³/mol. The number of aliphatic carboxylic acids is 1. The minimum absolute atomic E-state index is 0.0841. The number of amidine groups is 1. The second-order valence-corrected chi connectivity index (χ2v) is 6.70. The Morgan fingerprint density at radius 2 is 2.08 bits per heavy atom. The number of benzene rings is 1. The van der Waals surface area contributed by atoms with Crippen molar-refractivity contribution in [2.75, 3.05) is 11.4 Å². The predicted octanol–water partition coefficient (Wildman–Crippen LogP) is 5.07. The SMILES string of the molecule is CCc1cc(Cl)ccc1N1C([C@@H](C)CC(=O)O)=NCC(C)=C1C(F)(F)F. The number of carboxylic acids is 1. The number of nitrogens with zero attached hydrogens (tertiary/aromatic N) is 2. The molecule has 0 unspecified atom stereocenters. The molecule has 1 aliphatic heterocycles. The smallest absolute Gasteiger partial charge is 0.431 e. The number of halogens is 4. The highest BCUT2D eigenvalue weighted by atomic mass is 35.5. The van der Waals surface area contributed by atoms with E-state index in [0.717, 1.165) is 4.90 Å². The standard InChI is InChI=1S/C18H20ClF3N2O2/c1-4-12-8-13(19)5-6-14(12)24-16(18(20,21)22)11(3)9-23-17(24)10(2)7-15(25)26/h5-6,8,10H,4,7,9H2,1-3H3,(H,25,26)/t10-/m0/s1. The number of hydrogen-bond donors (Lipinski definition) is 1. The van der Waals surface area contributed by atoms with Crippen LogP contribution in [-0.4, -0.2) is 29.6 Å². The van der Waals surface area contributed by atoms with E-state index in [1.54, 1.807) is 13.0 Å². The van der Waals surface area contributed by atoms with Crippen molar-refractivity contribution >= 4 is 29.1 Å². The molecule has 0 bridgehead atoms. The second-order valence-electron chi connectivity index (χ2n) is 6.26. The van der Waals surface area contributed by atoms with Crippen LogP contribution in [-0.2, 0) is 11.2 Å². The summed E-state index contributed by atoms with van der Waals surface area (Å²) < 4.78 is 41.5. The lowest BCUT2D eigenvalue weighted by atomic mass is 9.99. The van der Waals surface area contributed by atoms with E-state index >= 15 is 0 Å². The van der Waals surface area contributed by atoms with E-state index in [2.05, 4.69) is 4.99 Å². The molecule has 1 aliphatic rings. The fourth-order valence-electron chi connectivity index (χ4n) is 3.05. The van der Waals surface area contributed by atoms with Crippen LogP contribution >= 0.6 is 11.6 Å². The van der Waals surface area contributed by atoms with Crippen LogP contribution in [0.4, 0.5) is 18.9 Å². The van der Waals surface area contributed by atoms with Crippen molar-refractivity contribution in [2.45, 2.75) is 39.8 Å². The van der Waals surface area contributed by atoms with Gasteiger partial charge in [-0.1, -0.05) is 25.4 Å². The zero-order valence-corrected chi connectivity index (χ0v) is 15.4. The van der Waals surface area contributed by atoms with Crippen LogP contribution in [0.3, 0.4) is 0 Å². The number of alkyl halides is 3. The Hall–Kier alpha value is -2.02. The third-order valence-electron chi connectivity index (χ3n) is 4.19. The van der Waals surface area contributed by atoms with Crippen LogP contribution in [0.25, 0.3) is 0 Å². The molecule has 0 aromatic heterocycles. The molecule has 0 radical (unpaired) electrons. The average Bonchev–Trinajstić information content (AvgIpc) is 2.52. The van der Waals surface area contributed by atoms with Crippen LogP contribution in [0.2, 0.25) is 5.02 Å². The summed E-state index contributed by atoms with van der Waals surface area (Å²) >= 11 is 6.00. The molecule has 26 heavy (non-hydrogen) atoms. The van der Waals surface area contributed by atoms with Crippen molar-refractivity contribution in [1.82, 2.24) is 0 Å². The van der Waals surface area contributed by atoms with Gasteiger partial charge in [0.15, 0.2) is 0 Å². The van der Waals surface area contributed by atoms with Gasteiger partial charge >= 0.3 is 12.1 Å². The molecule has 142 valence electrons. The highest BCUT2D eigenvalue weighted by Crippen LogP contribution is 2.40. The van der Waals surface area contributed by atoms with Gasteiger partial charge in [0.1, 0.15) is 11.5 Å². The molecule has 1 aromatic carbocycles. The first-order chi connectivity index (χ1) is 12.1. The normalized spacial score (nSPS) is 16.6. The van der Waals surface area contributed by atoms with Gasteiger partial charge in [-0.3, -0.25) is 14.7 Å². The van der Waals surface area contributed by atoms with Crippen molar-refractivity contribution in [2.24, 2.45) is 10.9 Å². The third-order valence-corrected chi connectivity index (χ3v) is 4.42. The number of allylic oxidation sites excluding steroid dienone is 1. The first kappa shape index (κ1) is 20.3. The van der Waals surface area contributed by atoms with Gasteiger partial charge in [-0.05, 0) is 42.7 Å². The van der Waals surface area contributed by atoms with Crippen molar-refractivity contribution < 1.29 is 23.1 Å². The number of aryl methyl sites for hydroxylation is 1. The molecule has 1 heterocycles. The Bertz CT molecular complexity index is 772. The summed E-state index contributed by atoms with van der Waals surface area (Å²) in [6.45, 7) is 4.66. The molecule has 0 aliphatic carbocycles. The molecule has 0 saturated heterocycles. The molecular weight excluding hydrogens is 369 g/mol. The van der Waals surface area contributed by atoms with Crippen molar-refractivity contribution in [3.63, 3.8) is 0 Å². The summed E-state index contributed by atoms with van der Waals surface area (Å²) in [5.74, 6) is -1.67.